The minimum Gasteiger partial charge on any atom is -0.479 e. The summed E-state index contributed by atoms with van der Waals surface area (Å²) in [5, 5.41) is 7.85. The van der Waals surface area contributed by atoms with Crippen LogP contribution in [0.15, 0.2) is 63.8 Å². The molecule has 10 heteroatoms. The Labute approximate surface area is 183 Å². The highest BCUT2D eigenvalue weighted by Gasteiger charge is 2.30. The number of methoxy groups -OCH3 is 1. The predicted molar refractivity (Wildman–Crippen MR) is 114 cm³/mol. The standard InChI is InChI=1S/C22H22F3N3O4/c1-14(16-9-7-10-18(12-16)22(23,24)25)27-32-13-17-8-5-6-11-19(17)20(28-31-4)21(30-3)26-15(2)29/h5-12H,13H2,1-4H3/b26-21?,27-14+,28-20+. The Morgan fingerprint density at radius 2 is 1.72 bits per heavy atom. The Kier molecular flexibility index (Phi) is 8.51. The topological polar surface area (TPSA) is 81.8 Å². The van der Waals surface area contributed by atoms with Gasteiger partial charge >= 0.3 is 6.18 Å². The van der Waals surface area contributed by atoms with Crippen molar-refractivity contribution >= 4 is 23.2 Å². The fourth-order valence-corrected chi connectivity index (χ4v) is 2.68. The van der Waals surface area contributed by atoms with Gasteiger partial charge in [-0.05, 0) is 24.6 Å². The molecule has 170 valence electrons. The Balaban J connectivity index is 2.29. The first kappa shape index (κ1) is 24.6. The van der Waals surface area contributed by atoms with Crippen molar-refractivity contribution in [2.75, 3.05) is 14.2 Å². The molecule has 0 spiro atoms. The van der Waals surface area contributed by atoms with Crippen LogP contribution in [0.2, 0.25) is 0 Å². The van der Waals surface area contributed by atoms with E-state index in [4.69, 9.17) is 14.4 Å². The average Bonchev–Trinajstić information content (AvgIpc) is 2.76. The van der Waals surface area contributed by atoms with E-state index < -0.39 is 17.6 Å². The lowest BCUT2D eigenvalue weighted by Crippen LogP contribution is -2.21. The van der Waals surface area contributed by atoms with Gasteiger partial charge in [0.2, 0.25) is 11.8 Å². The number of benzene rings is 2. The number of carbonyl (C=O) groups excluding carboxylic acids is 1. The van der Waals surface area contributed by atoms with Gasteiger partial charge in [0.15, 0.2) is 5.71 Å². The zero-order chi connectivity index (χ0) is 23.7. The van der Waals surface area contributed by atoms with E-state index in [1.54, 1.807) is 31.2 Å². The van der Waals surface area contributed by atoms with E-state index in [0.29, 0.717) is 11.1 Å². The van der Waals surface area contributed by atoms with Crippen molar-refractivity contribution in [3.63, 3.8) is 0 Å². The first-order chi connectivity index (χ1) is 15.2. The van der Waals surface area contributed by atoms with Crippen molar-refractivity contribution in [3.05, 3.63) is 70.8 Å². The molecule has 32 heavy (non-hydrogen) atoms. The average molecular weight is 449 g/mol. The van der Waals surface area contributed by atoms with Crippen molar-refractivity contribution in [1.29, 1.82) is 0 Å². The maximum absolute atomic E-state index is 12.9. The molecule has 0 unspecified atom stereocenters. The Morgan fingerprint density at radius 1 is 1.00 bits per heavy atom. The van der Waals surface area contributed by atoms with Gasteiger partial charge in [-0.3, -0.25) is 4.79 Å². The van der Waals surface area contributed by atoms with Crippen molar-refractivity contribution in [2.24, 2.45) is 15.3 Å². The van der Waals surface area contributed by atoms with Crippen LogP contribution in [0, 0.1) is 0 Å². The quantitative estimate of drug-likeness (QED) is 0.352. The second-order valence-corrected chi connectivity index (χ2v) is 6.45. The molecule has 0 atom stereocenters. The number of aliphatic imine (C=N–C) groups is 1. The van der Waals surface area contributed by atoms with Gasteiger partial charge in [0.05, 0.1) is 18.4 Å². The molecule has 0 radical (unpaired) electrons. The first-order valence-corrected chi connectivity index (χ1v) is 9.34. The lowest BCUT2D eigenvalue weighted by atomic mass is 10.0. The predicted octanol–water partition coefficient (Wildman–Crippen LogP) is 4.59. The number of halogens is 3. The zero-order valence-corrected chi connectivity index (χ0v) is 17.9. The van der Waals surface area contributed by atoms with E-state index in [0.717, 1.165) is 12.1 Å². The van der Waals surface area contributed by atoms with Gasteiger partial charge in [-0.15, -0.1) is 0 Å². The minimum absolute atomic E-state index is 0.0354. The third-order valence-electron chi connectivity index (χ3n) is 4.14. The third-order valence-corrected chi connectivity index (χ3v) is 4.14. The van der Waals surface area contributed by atoms with Crippen molar-refractivity contribution in [1.82, 2.24) is 0 Å². The van der Waals surface area contributed by atoms with Gasteiger partial charge in [0, 0.05) is 18.1 Å². The number of amides is 1. The molecule has 0 fully saturated rings. The molecule has 1 amide bonds. The summed E-state index contributed by atoms with van der Waals surface area (Å²) < 4.78 is 44.0. The van der Waals surface area contributed by atoms with E-state index in [1.807, 2.05) is 0 Å². The largest absolute Gasteiger partial charge is 0.479 e. The van der Waals surface area contributed by atoms with E-state index >= 15 is 0 Å². The molecule has 0 aliphatic rings. The van der Waals surface area contributed by atoms with Crippen LogP contribution in [0.25, 0.3) is 0 Å². The van der Waals surface area contributed by atoms with E-state index in [9.17, 15) is 18.0 Å². The number of hydrogen-bond acceptors (Lipinski definition) is 6. The molecule has 7 nitrogen and oxygen atoms in total. The van der Waals surface area contributed by atoms with Gasteiger partial charge in [-0.1, -0.05) is 46.7 Å². The van der Waals surface area contributed by atoms with Crippen LogP contribution in [-0.2, 0) is 32.0 Å². The maximum atomic E-state index is 12.9. The summed E-state index contributed by atoms with van der Waals surface area (Å²) in [6.45, 7) is 2.78. The highest BCUT2D eigenvalue weighted by Crippen LogP contribution is 2.29. The van der Waals surface area contributed by atoms with E-state index in [-0.39, 0.29) is 29.5 Å². The molecule has 2 aromatic rings. The molecule has 0 aliphatic carbocycles. The van der Waals surface area contributed by atoms with Gasteiger partial charge in [-0.25, -0.2) is 0 Å². The van der Waals surface area contributed by atoms with Crippen LogP contribution >= 0.6 is 0 Å². The second-order valence-electron chi connectivity index (χ2n) is 6.45. The summed E-state index contributed by atoms with van der Waals surface area (Å²) in [7, 11) is 2.68. The van der Waals surface area contributed by atoms with Crippen LogP contribution in [-0.4, -0.2) is 37.4 Å². The summed E-state index contributed by atoms with van der Waals surface area (Å²) in [6.07, 6.45) is -4.45. The highest BCUT2D eigenvalue weighted by molar-refractivity contribution is 6.46. The van der Waals surface area contributed by atoms with Gasteiger partial charge in [0.1, 0.15) is 13.7 Å². The van der Waals surface area contributed by atoms with Crippen LogP contribution in [0.5, 0.6) is 0 Å². The smallest absolute Gasteiger partial charge is 0.416 e. The van der Waals surface area contributed by atoms with E-state index in [1.165, 1.54) is 33.3 Å². The normalized spacial score (nSPS) is 13.0. The number of hydrogen-bond donors (Lipinski definition) is 0. The van der Waals surface area contributed by atoms with Crippen molar-refractivity contribution < 1.29 is 32.4 Å². The highest BCUT2D eigenvalue weighted by atomic mass is 19.4. The Hall–Kier alpha value is -3.69. The third kappa shape index (κ3) is 6.66. The monoisotopic (exact) mass is 449 g/mol. The van der Waals surface area contributed by atoms with E-state index in [2.05, 4.69) is 15.3 Å². The number of oxime groups is 2. The van der Waals surface area contributed by atoms with Crippen LogP contribution in [0.3, 0.4) is 0 Å². The summed E-state index contributed by atoms with van der Waals surface area (Å²) in [5.74, 6) is -0.531. The minimum atomic E-state index is -4.45. The molecule has 0 N–H and O–H groups in total. The lowest BCUT2D eigenvalue weighted by Gasteiger charge is -2.12. The van der Waals surface area contributed by atoms with Crippen LogP contribution < -0.4 is 0 Å². The fraction of sp³-hybridized carbons (Fsp3) is 0.273. The molecule has 0 aliphatic heterocycles. The first-order valence-electron chi connectivity index (χ1n) is 9.34. The summed E-state index contributed by atoms with van der Waals surface area (Å²) in [5.41, 5.74) is 1.08. The number of alkyl halides is 3. The molecule has 0 bridgehead atoms. The summed E-state index contributed by atoms with van der Waals surface area (Å²) in [4.78, 5) is 25.5. The molecular formula is C22H22F3N3O4. The number of rotatable bonds is 7. The summed E-state index contributed by atoms with van der Waals surface area (Å²) >= 11 is 0. The second kappa shape index (κ2) is 11.1. The lowest BCUT2D eigenvalue weighted by molar-refractivity contribution is -0.137. The SMILES string of the molecule is CO/N=C(/C(=NC(C)=O)OC)c1ccccc1CO/N=C(\C)c1cccc(C(F)(F)F)c1. The van der Waals surface area contributed by atoms with Crippen molar-refractivity contribution in [3.8, 4) is 0 Å². The fourth-order valence-electron chi connectivity index (χ4n) is 2.68. The number of ether oxygens (including phenoxy) is 1. The zero-order valence-electron chi connectivity index (χ0n) is 17.9. The summed E-state index contributed by atoms with van der Waals surface area (Å²) in [6, 6.07) is 11.7. The maximum Gasteiger partial charge on any atom is 0.416 e. The molecule has 0 saturated heterocycles. The van der Waals surface area contributed by atoms with Gasteiger partial charge in [-0.2, -0.15) is 18.2 Å². The molecular weight excluding hydrogens is 427 g/mol. The van der Waals surface area contributed by atoms with Crippen molar-refractivity contribution in [2.45, 2.75) is 26.6 Å². The molecule has 0 aromatic heterocycles. The Bertz CT molecular complexity index is 1050. The van der Waals surface area contributed by atoms with Gasteiger partial charge in [0.25, 0.3) is 0 Å². The molecule has 0 saturated carbocycles. The van der Waals surface area contributed by atoms with Crippen LogP contribution in [0.4, 0.5) is 13.2 Å². The molecule has 0 heterocycles. The number of nitrogens with zero attached hydrogens (tertiary/aromatic N) is 3. The van der Waals surface area contributed by atoms with Gasteiger partial charge < -0.3 is 14.4 Å². The molecule has 2 aromatic carbocycles. The Morgan fingerprint density at radius 3 is 2.34 bits per heavy atom. The van der Waals surface area contributed by atoms with Crippen LogP contribution in [0.1, 0.15) is 36.1 Å². The molecule has 2 rings (SSSR count). The number of carbonyl (C=O) groups is 1.